The van der Waals surface area contributed by atoms with Crippen LogP contribution in [0.5, 0.6) is 0 Å². The fraction of sp³-hybridized carbons (Fsp3) is 0.733. The summed E-state index contributed by atoms with van der Waals surface area (Å²) in [6.45, 7) is 4.71. The van der Waals surface area contributed by atoms with Crippen molar-refractivity contribution in [1.82, 2.24) is 24.3 Å². The summed E-state index contributed by atoms with van der Waals surface area (Å²) >= 11 is 0. The van der Waals surface area contributed by atoms with Crippen LogP contribution in [-0.4, -0.2) is 89.5 Å². The number of rotatable bonds is 3. The van der Waals surface area contributed by atoms with Gasteiger partial charge < -0.3 is 14.4 Å². The Balaban J connectivity index is 1.83. The second-order valence-electron chi connectivity index (χ2n) is 6.68. The molecule has 0 bridgehead atoms. The van der Waals surface area contributed by atoms with Crippen LogP contribution in [-0.2, 0) is 22.9 Å². The van der Waals surface area contributed by atoms with Crippen molar-refractivity contribution < 1.29 is 13.2 Å². The molecule has 2 aliphatic heterocycles. The summed E-state index contributed by atoms with van der Waals surface area (Å²) in [7, 11) is 0.269. The average Bonchev–Trinajstić information content (AvgIpc) is 3.09. The zero-order chi connectivity index (χ0) is 17.5. The molecule has 2 atom stereocenters. The minimum Gasteiger partial charge on any atom is -0.334 e. The molecule has 0 N–H and O–H groups in total. The first kappa shape index (κ1) is 17.2. The number of aromatic nitrogens is 2. The highest BCUT2D eigenvalue weighted by molar-refractivity contribution is 7.91. The maximum absolute atomic E-state index is 12.4. The van der Waals surface area contributed by atoms with Gasteiger partial charge in [0.2, 0.25) is 0 Å². The van der Waals surface area contributed by atoms with E-state index in [2.05, 4.69) is 21.4 Å². The van der Waals surface area contributed by atoms with Gasteiger partial charge in [-0.15, -0.1) is 0 Å². The summed E-state index contributed by atoms with van der Waals surface area (Å²) in [5.41, 5.74) is 0. The van der Waals surface area contributed by atoms with Crippen molar-refractivity contribution in [2.45, 2.75) is 32.1 Å². The van der Waals surface area contributed by atoms with Gasteiger partial charge in [-0.2, -0.15) is 0 Å². The Labute approximate surface area is 143 Å². The van der Waals surface area contributed by atoms with Crippen molar-refractivity contribution >= 4 is 15.9 Å². The summed E-state index contributed by atoms with van der Waals surface area (Å²) in [5, 5.41) is 0. The monoisotopic (exact) mass is 355 g/mol. The first-order valence-electron chi connectivity index (χ1n) is 8.25. The van der Waals surface area contributed by atoms with Crippen LogP contribution < -0.4 is 0 Å². The van der Waals surface area contributed by atoms with Crippen LogP contribution in [0.4, 0.5) is 4.79 Å². The molecule has 2 saturated heterocycles. The number of hydrogen-bond acceptors (Lipinski definition) is 5. The van der Waals surface area contributed by atoms with Gasteiger partial charge in [-0.3, -0.25) is 4.90 Å². The number of imidazole rings is 1. The van der Waals surface area contributed by atoms with Crippen LogP contribution in [0.25, 0.3) is 0 Å². The van der Waals surface area contributed by atoms with Crippen LogP contribution in [0.1, 0.15) is 12.7 Å². The van der Waals surface area contributed by atoms with E-state index in [1.807, 2.05) is 6.20 Å². The molecule has 0 saturated carbocycles. The molecule has 0 spiro atoms. The Morgan fingerprint density at radius 2 is 2.00 bits per heavy atom. The van der Waals surface area contributed by atoms with Crippen molar-refractivity contribution in [2.75, 3.05) is 38.7 Å². The van der Waals surface area contributed by atoms with E-state index in [9.17, 15) is 13.2 Å². The molecule has 3 heterocycles. The molecular weight excluding hydrogens is 330 g/mol. The lowest BCUT2D eigenvalue weighted by Crippen LogP contribution is -2.61. The number of urea groups is 1. The van der Waals surface area contributed by atoms with Crippen LogP contribution in [0.15, 0.2) is 12.4 Å². The van der Waals surface area contributed by atoms with Crippen LogP contribution in [0, 0.1) is 0 Å². The summed E-state index contributed by atoms with van der Waals surface area (Å²) in [4.78, 5) is 22.2. The lowest BCUT2D eigenvalue weighted by atomic mass is 10.1. The van der Waals surface area contributed by atoms with E-state index in [4.69, 9.17) is 0 Å². The van der Waals surface area contributed by atoms with E-state index in [0.29, 0.717) is 19.6 Å². The summed E-state index contributed by atoms with van der Waals surface area (Å²) in [6.07, 6.45) is 3.71. The van der Waals surface area contributed by atoms with Gasteiger partial charge in [0, 0.05) is 52.2 Å². The van der Waals surface area contributed by atoms with Gasteiger partial charge in [0.25, 0.3) is 0 Å². The minimum absolute atomic E-state index is 0.0516. The fourth-order valence-corrected chi connectivity index (χ4v) is 5.69. The number of piperazine rings is 1. The van der Waals surface area contributed by atoms with Gasteiger partial charge in [-0.25, -0.2) is 18.2 Å². The quantitative estimate of drug-likeness (QED) is 0.755. The Bertz CT molecular complexity index is 714. The molecule has 2 fully saturated rings. The highest BCUT2D eigenvalue weighted by Gasteiger charge is 2.48. The largest absolute Gasteiger partial charge is 0.334 e. The molecule has 8 nitrogen and oxygen atoms in total. The molecule has 0 radical (unpaired) electrons. The molecule has 1 aromatic heterocycles. The van der Waals surface area contributed by atoms with Gasteiger partial charge in [0.15, 0.2) is 9.84 Å². The average molecular weight is 355 g/mol. The summed E-state index contributed by atoms with van der Waals surface area (Å²) in [5.74, 6) is 1.10. The van der Waals surface area contributed by atoms with Crippen molar-refractivity contribution in [1.29, 1.82) is 0 Å². The number of carbonyl (C=O) groups excluding carboxylic acids is 1. The Morgan fingerprint density at radius 3 is 2.67 bits per heavy atom. The van der Waals surface area contributed by atoms with E-state index in [1.165, 1.54) is 4.90 Å². The van der Waals surface area contributed by atoms with Crippen LogP contribution >= 0.6 is 0 Å². The second-order valence-corrected chi connectivity index (χ2v) is 8.84. The standard InChI is InChI=1S/C15H25N5O3S/c1-4-18-6-5-16-14(18)9-19-7-8-20(15(21)17(2)3)13-11-24(22,23)10-12(13)19/h5-6,12-13H,4,7-11H2,1-3H3/t12-,13+/m1/s1. The first-order valence-corrected chi connectivity index (χ1v) is 10.1. The van der Waals surface area contributed by atoms with Crippen LogP contribution in [0.3, 0.4) is 0 Å². The molecule has 0 unspecified atom stereocenters. The van der Waals surface area contributed by atoms with E-state index < -0.39 is 9.84 Å². The maximum Gasteiger partial charge on any atom is 0.319 e. The van der Waals surface area contributed by atoms with E-state index in [0.717, 1.165) is 12.4 Å². The zero-order valence-electron chi connectivity index (χ0n) is 14.4. The lowest BCUT2D eigenvalue weighted by Gasteiger charge is -2.44. The molecule has 0 aliphatic carbocycles. The SMILES string of the molecule is CCn1ccnc1CN1CCN(C(=O)N(C)C)[C@H]2CS(=O)(=O)C[C@H]21. The second kappa shape index (κ2) is 6.36. The Kier molecular flexibility index (Phi) is 4.56. The van der Waals surface area contributed by atoms with E-state index in [1.54, 1.807) is 25.2 Å². The number of amides is 2. The third kappa shape index (κ3) is 3.14. The highest BCUT2D eigenvalue weighted by Crippen LogP contribution is 2.28. The van der Waals surface area contributed by atoms with Crippen molar-refractivity contribution in [3.05, 3.63) is 18.2 Å². The number of fused-ring (bicyclic) bond motifs is 1. The molecule has 134 valence electrons. The normalized spacial score (nSPS) is 26.4. The zero-order valence-corrected chi connectivity index (χ0v) is 15.2. The van der Waals surface area contributed by atoms with E-state index >= 15 is 0 Å². The van der Waals surface area contributed by atoms with Crippen LogP contribution in [0.2, 0.25) is 0 Å². The summed E-state index contributed by atoms with van der Waals surface area (Å²) < 4.78 is 26.5. The Hall–Kier alpha value is -1.61. The number of nitrogens with zero attached hydrogens (tertiary/aromatic N) is 5. The predicted octanol–water partition coefficient (Wildman–Crippen LogP) is -0.132. The minimum atomic E-state index is -3.13. The number of carbonyl (C=O) groups is 1. The Morgan fingerprint density at radius 1 is 1.29 bits per heavy atom. The smallest absolute Gasteiger partial charge is 0.319 e. The first-order chi connectivity index (χ1) is 11.3. The lowest BCUT2D eigenvalue weighted by molar-refractivity contribution is 0.0500. The van der Waals surface area contributed by atoms with E-state index in [-0.39, 0.29) is 29.6 Å². The van der Waals surface area contributed by atoms with Gasteiger partial charge in [0.1, 0.15) is 5.82 Å². The molecule has 9 heteroatoms. The number of sulfone groups is 1. The van der Waals surface area contributed by atoms with Crippen molar-refractivity contribution in [3.8, 4) is 0 Å². The number of aryl methyl sites for hydroxylation is 1. The van der Waals surface area contributed by atoms with Gasteiger partial charge in [-0.1, -0.05) is 0 Å². The molecule has 0 aromatic carbocycles. The van der Waals surface area contributed by atoms with Crippen molar-refractivity contribution in [2.24, 2.45) is 0 Å². The molecule has 2 amide bonds. The summed E-state index contributed by atoms with van der Waals surface area (Å²) in [6, 6.07) is -0.546. The molecule has 2 aliphatic rings. The number of hydrogen-bond donors (Lipinski definition) is 0. The molecular formula is C15H25N5O3S. The third-order valence-electron chi connectivity index (χ3n) is 4.91. The van der Waals surface area contributed by atoms with Crippen molar-refractivity contribution in [3.63, 3.8) is 0 Å². The molecule has 1 aromatic rings. The fourth-order valence-electron chi connectivity index (χ4n) is 3.68. The molecule has 3 rings (SSSR count). The molecule has 24 heavy (non-hydrogen) atoms. The van der Waals surface area contributed by atoms with Gasteiger partial charge in [-0.05, 0) is 6.92 Å². The van der Waals surface area contributed by atoms with Gasteiger partial charge >= 0.3 is 6.03 Å². The van der Waals surface area contributed by atoms with Gasteiger partial charge in [0.05, 0.1) is 24.1 Å². The highest BCUT2D eigenvalue weighted by atomic mass is 32.2. The maximum atomic E-state index is 12.4. The third-order valence-corrected chi connectivity index (χ3v) is 6.60. The topological polar surface area (TPSA) is 78.8 Å². The predicted molar refractivity (Wildman–Crippen MR) is 90.3 cm³/mol.